The minimum Gasteiger partial charge on any atom is -0.503 e. The van der Waals surface area contributed by atoms with Gasteiger partial charge in [-0.3, -0.25) is 9.36 Å². The fourth-order valence-electron chi connectivity index (χ4n) is 3.88. The highest BCUT2D eigenvalue weighted by Gasteiger charge is 2.30. The van der Waals surface area contributed by atoms with E-state index in [-0.39, 0.29) is 17.9 Å². The van der Waals surface area contributed by atoms with Crippen molar-refractivity contribution in [3.8, 4) is 40.1 Å². The van der Waals surface area contributed by atoms with E-state index >= 15 is 0 Å². The van der Waals surface area contributed by atoms with Crippen molar-refractivity contribution in [1.82, 2.24) is 4.57 Å². The quantitative estimate of drug-likeness (QED) is 0.267. The predicted octanol–water partition coefficient (Wildman–Crippen LogP) is 4.98. The molecular formula is C28H25NO7. The van der Waals surface area contributed by atoms with E-state index in [1.54, 1.807) is 86.8 Å². The lowest BCUT2D eigenvalue weighted by molar-refractivity contribution is 0.0526. The van der Waals surface area contributed by atoms with E-state index < -0.39 is 23.4 Å². The molecule has 0 aliphatic rings. The minimum absolute atomic E-state index is 0.0719. The predicted molar refractivity (Wildman–Crippen MR) is 133 cm³/mol. The normalized spacial score (nSPS) is 10.6. The molecule has 0 fully saturated rings. The second kappa shape index (κ2) is 10.3. The number of hydrogen-bond acceptors (Lipinski definition) is 7. The molecule has 4 aromatic rings. The van der Waals surface area contributed by atoms with Crippen LogP contribution in [0.15, 0.2) is 72.8 Å². The fourth-order valence-corrected chi connectivity index (χ4v) is 3.88. The minimum atomic E-state index is -0.559. The van der Waals surface area contributed by atoms with Crippen LogP contribution in [0.1, 0.15) is 33.2 Å². The molecule has 0 amide bonds. The van der Waals surface area contributed by atoms with E-state index in [1.165, 1.54) is 11.7 Å². The van der Waals surface area contributed by atoms with Gasteiger partial charge in [0.05, 0.1) is 37.6 Å². The molecule has 8 heteroatoms. The number of hydrogen-bond donors (Lipinski definition) is 2. The summed E-state index contributed by atoms with van der Waals surface area (Å²) in [7, 11) is 3.06. The molecule has 0 radical (unpaired) electrons. The summed E-state index contributed by atoms with van der Waals surface area (Å²) in [6, 6.07) is 19.6. The summed E-state index contributed by atoms with van der Waals surface area (Å²) in [4.78, 5) is 25.7. The number of aromatic nitrogens is 1. The lowest BCUT2D eigenvalue weighted by atomic mass is 9.99. The molecule has 8 nitrogen and oxygen atoms in total. The Hall–Kier alpha value is -4.72. The maximum Gasteiger partial charge on any atom is 0.338 e. The van der Waals surface area contributed by atoms with E-state index in [2.05, 4.69) is 0 Å². The van der Waals surface area contributed by atoms with Gasteiger partial charge in [0.2, 0.25) is 5.88 Å². The average Bonchev–Trinajstić information content (AvgIpc) is 3.18. The van der Waals surface area contributed by atoms with E-state index in [4.69, 9.17) is 14.2 Å². The van der Waals surface area contributed by atoms with E-state index in [9.17, 15) is 19.8 Å². The first-order valence-corrected chi connectivity index (χ1v) is 11.2. The Balaban J connectivity index is 1.91. The molecule has 2 N–H and O–H groups in total. The molecule has 184 valence electrons. The van der Waals surface area contributed by atoms with E-state index in [0.717, 1.165) is 0 Å². The van der Waals surface area contributed by atoms with Crippen LogP contribution in [0.4, 0.5) is 0 Å². The van der Waals surface area contributed by atoms with Crippen molar-refractivity contribution in [3.63, 3.8) is 0 Å². The van der Waals surface area contributed by atoms with Crippen molar-refractivity contribution in [2.45, 2.75) is 6.92 Å². The summed E-state index contributed by atoms with van der Waals surface area (Å²) in [6.45, 7) is 1.96. The fraction of sp³-hybridized carbons (Fsp3) is 0.143. The first-order valence-electron chi connectivity index (χ1n) is 11.2. The van der Waals surface area contributed by atoms with Gasteiger partial charge in [-0.05, 0) is 85.3 Å². The number of rotatable bonds is 8. The highest BCUT2D eigenvalue weighted by atomic mass is 16.5. The number of carbonyl (C=O) groups is 2. The second-order valence-electron chi connectivity index (χ2n) is 7.78. The molecule has 0 aliphatic heterocycles. The van der Waals surface area contributed by atoms with Crippen molar-refractivity contribution in [3.05, 3.63) is 89.5 Å². The van der Waals surface area contributed by atoms with Gasteiger partial charge in [-0.15, -0.1) is 0 Å². The van der Waals surface area contributed by atoms with Crippen LogP contribution >= 0.6 is 0 Å². The molecule has 1 heterocycles. The lowest BCUT2D eigenvalue weighted by Gasteiger charge is -2.13. The van der Waals surface area contributed by atoms with Crippen LogP contribution in [-0.2, 0) is 4.74 Å². The Labute approximate surface area is 207 Å². The summed E-state index contributed by atoms with van der Waals surface area (Å²) >= 11 is 0. The van der Waals surface area contributed by atoms with Crippen LogP contribution in [-0.4, -0.2) is 47.4 Å². The van der Waals surface area contributed by atoms with Gasteiger partial charge in [0.15, 0.2) is 11.5 Å². The number of nitrogens with zero attached hydrogens (tertiary/aromatic N) is 1. The van der Waals surface area contributed by atoms with Crippen LogP contribution in [0.3, 0.4) is 0 Å². The van der Waals surface area contributed by atoms with Crippen molar-refractivity contribution >= 4 is 11.8 Å². The molecular weight excluding hydrogens is 462 g/mol. The molecule has 36 heavy (non-hydrogen) atoms. The maximum atomic E-state index is 13.6. The molecule has 1 aromatic heterocycles. The summed E-state index contributed by atoms with van der Waals surface area (Å²) in [5, 5.41) is 21.9. The third-order valence-corrected chi connectivity index (χ3v) is 5.70. The van der Waals surface area contributed by atoms with Crippen LogP contribution in [0.25, 0.3) is 16.9 Å². The molecule has 0 saturated heterocycles. The third-order valence-electron chi connectivity index (χ3n) is 5.70. The molecule has 3 aromatic carbocycles. The topological polar surface area (TPSA) is 107 Å². The van der Waals surface area contributed by atoms with Crippen LogP contribution in [0, 0.1) is 0 Å². The molecule has 0 aliphatic carbocycles. The Kier molecular flexibility index (Phi) is 6.96. The number of benzene rings is 3. The molecule has 4 rings (SSSR count). The smallest absolute Gasteiger partial charge is 0.338 e. The van der Waals surface area contributed by atoms with Gasteiger partial charge in [-0.1, -0.05) is 0 Å². The summed E-state index contributed by atoms with van der Waals surface area (Å²) in [5.74, 6) is -0.856. The van der Waals surface area contributed by atoms with E-state index in [1.807, 2.05) is 0 Å². The second-order valence-corrected chi connectivity index (χ2v) is 7.78. The number of ether oxygens (including phenoxy) is 3. The monoisotopic (exact) mass is 487 g/mol. The van der Waals surface area contributed by atoms with Gasteiger partial charge in [0, 0.05) is 11.3 Å². The molecule has 0 bridgehead atoms. The van der Waals surface area contributed by atoms with Gasteiger partial charge in [-0.2, -0.15) is 0 Å². The highest BCUT2D eigenvalue weighted by molar-refractivity contribution is 6.15. The maximum absolute atomic E-state index is 13.6. The standard InChI is InChI=1S/C28H25NO7/c1-4-36-28(33)19-5-11-20(12-6-19)29-24(17-7-13-21(34-2)14-8-17)23(26(31)27(29)32)25(30)18-9-15-22(35-3)16-10-18/h5-16,31-32H,4H2,1-3H3. The first-order chi connectivity index (χ1) is 17.4. The molecule has 0 atom stereocenters. The zero-order chi connectivity index (χ0) is 25.8. The van der Waals surface area contributed by atoms with Crippen LogP contribution < -0.4 is 9.47 Å². The zero-order valence-electron chi connectivity index (χ0n) is 20.0. The molecule has 0 saturated carbocycles. The van der Waals surface area contributed by atoms with Gasteiger partial charge >= 0.3 is 5.97 Å². The molecule has 0 spiro atoms. The highest BCUT2D eigenvalue weighted by Crippen LogP contribution is 2.44. The summed E-state index contributed by atoms with van der Waals surface area (Å²) < 4.78 is 16.8. The number of carbonyl (C=O) groups excluding carboxylic acids is 2. The SMILES string of the molecule is CCOC(=O)c1ccc(-n2c(O)c(O)c(C(=O)c3ccc(OC)cc3)c2-c2ccc(OC)cc2)cc1. The van der Waals surface area contributed by atoms with Crippen molar-refractivity contribution in [2.75, 3.05) is 20.8 Å². The van der Waals surface area contributed by atoms with Crippen molar-refractivity contribution < 1.29 is 34.0 Å². The Morgan fingerprint density at radius 3 is 1.83 bits per heavy atom. The third kappa shape index (κ3) is 4.48. The van der Waals surface area contributed by atoms with E-state index in [0.29, 0.717) is 33.9 Å². The first kappa shape index (κ1) is 24.4. The van der Waals surface area contributed by atoms with Gasteiger partial charge < -0.3 is 24.4 Å². The van der Waals surface area contributed by atoms with Gasteiger partial charge in [0.1, 0.15) is 11.5 Å². The summed E-state index contributed by atoms with van der Waals surface area (Å²) in [5.41, 5.74) is 1.82. The zero-order valence-corrected chi connectivity index (χ0v) is 20.0. The number of aromatic hydroxyl groups is 2. The summed E-state index contributed by atoms with van der Waals surface area (Å²) in [6.07, 6.45) is 0. The van der Waals surface area contributed by atoms with Gasteiger partial charge in [0.25, 0.3) is 0 Å². The van der Waals surface area contributed by atoms with Crippen LogP contribution in [0.5, 0.6) is 23.1 Å². The largest absolute Gasteiger partial charge is 0.503 e. The number of methoxy groups -OCH3 is 2. The Morgan fingerprint density at radius 1 is 0.778 bits per heavy atom. The number of ketones is 1. The number of esters is 1. The van der Waals surface area contributed by atoms with Crippen LogP contribution in [0.2, 0.25) is 0 Å². The Morgan fingerprint density at radius 2 is 1.31 bits per heavy atom. The lowest BCUT2D eigenvalue weighted by Crippen LogP contribution is -2.06. The molecule has 0 unspecified atom stereocenters. The average molecular weight is 488 g/mol. The Bertz CT molecular complexity index is 1390. The van der Waals surface area contributed by atoms with Crippen molar-refractivity contribution in [2.24, 2.45) is 0 Å². The van der Waals surface area contributed by atoms with Crippen molar-refractivity contribution in [1.29, 1.82) is 0 Å². The van der Waals surface area contributed by atoms with Gasteiger partial charge in [-0.25, -0.2) is 4.79 Å².